The first-order valence-electron chi connectivity index (χ1n) is 8.94. The van der Waals surface area contributed by atoms with Gasteiger partial charge in [-0.25, -0.2) is 0 Å². The van der Waals surface area contributed by atoms with Crippen molar-refractivity contribution < 1.29 is 5.21 Å². The van der Waals surface area contributed by atoms with Crippen LogP contribution in [0.2, 0.25) is 0 Å². The SMILES string of the molecule is CCCCN(CCCC)[C@H]1/C(=N\O)[C@@H]2C[C@@H]1[C@H]1CC=C[C@@H]12. The van der Waals surface area contributed by atoms with Gasteiger partial charge in [0.25, 0.3) is 0 Å². The molecular weight excluding hydrogens is 260 g/mol. The number of hydrogen-bond acceptors (Lipinski definition) is 3. The minimum absolute atomic E-state index is 0.416. The van der Waals surface area contributed by atoms with Gasteiger partial charge in [0.2, 0.25) is 0 Å². The molecule has 0 heterocycles. The fraction of sp³-hybridized carbons (Fsp3) is 0.833. The fourth-order valence-electron chi connectivity index (χ4n) is 5.03. The van der Waals surface area contributed by atoms with E-state index in [2.05, 4.69) is 36.1 Å². The summed E-state index contributed by atoms with van der Waals surface area (Å²) < 4.78 is 0. The highest BCUT2D eigenvalue weighted by molar-refractivity contribution is 5.95. The van der Waals surface area contributed by atoms with Gasteiger partial charge in [0.05, 0.1) is 11.8 Å². The van der Waals surface area contributed by atoms with E-state index in [4.69, 9.17) is 0 Å². The van der Waals surface area contributed by atoms with Gasteiger partial charge < -0.3 is 5.21 Å². The van der Waals surface area contributed by atoms with Crippen LogP contribution < -0.4 is 0 Å². The fourth-order valence-corrected chi connectivity index (χ4v) is 5.03. The van der Waals surface area contributed by atoms with E-state index in [9.17, 15) is 5.21 Å². The van der Waals surface area contributed by atoms with E-state index in [1.54, 1.807) is 0 Å². The number of hydrogen-bond donors (Lipinski definition) is 1. The van der Waals surface area contributed by atoms with Crippen LogP contribution in [0.25, 0.3) is 0 Å². The second-order valence-electron chi connectivity index (χ2n) is 7.12. The third-order valence-corrected chi connectivity index (χ3v) is 6.00. The predicted molar refractivity (Wildman–Crippen MR) is 86.7 cm³/mol. The van der Waals surface area contributed by atoms with Crippen molar-refractivity contribution in [1.82, 2.24) is 4.90 Å². The van der Waals surface area contributed by atoms with Gasteiger partial charge in [0, 0.05) is 5.92 Å². The quantitative estimate of drug-likeness (QED) is 0.438. The summed E-state index contributed by atoms with van der Waals surface area (Å²) in [6, 6.07) is 0.416. The summed E-state index contributed by atoms with van der Waals surface area (Å²) in [6.45, 7) is 6.84. The zero-order valence-corrected chi connectivity index (χ0v) is 13.5. The Labute approximate surface area is 129 Å². The highest BCUT2D eigenvalue weighted by Gasteiger charge is 2.57. The molecular formula is C18H30N2O. The van der Waals surface area contributed by atoms with E-state index in [0.29, 0.717) is 17.9 Å². The minimum atomic E-state index is 0.416. The monoisotopic (exact) mass is 290 g/mol. The molecule has 0 aliphatic heterocycles. The van der Waals surface area contributed by atoms with Crippen LogP contribution in [0, 0.1) is 23.7 Å². The third-order valence-electron chi connectivity index (χ3n) is 6.00. The van der Waals surface area contributed by atoms with Crippen LogP contribution in [0.1, 0.15) is 52.4 Å². The Balaban J connectivity index is 1.78. The molecule has 2 saturated carbocycles. The van der Waals surface area contributed by atoms with E-state index >= 15 is 0 Å². The molecule has 0 spiro atoms. The third kappa shape index (κ3) is 2.54. The molecule has 0 saturated heterocycles. The summed E-state index contributed by atoms with van der Waals surface area (Å²) >= 11 is 0. The van der Waals surface area contributed by atoms with Crippen LogP contribution in [-0.2, 0) is 0 Å². The van der Waals surface area contributed by atoms with Crippen molar-refractivity contribution in [3.63, 3.8) is 0 Å². The Morgan fingerprint density at radius 3 is 2.52 bits per heavy atom. The van der Waals surface area contributed by atoms with Crippen LogP contribution in [0.5, 0.6) is 0 Å². The van der Waals surface area contributed by atoms with Crippen molar-refractivity contribution in [2.24, 2.45) is 28.8 Å². The molecule has 3 aliphatic carbocycles. The molecule has 0 amide bonds. The van der Waals surface area contributed by atoms with Gasteiger partial charge in [0.15, 0.2) is 0 Å². The van der Waals surface area contributed by atoms with Crippen LogP contribution in [0.15, 0.2) is 17.3 Å². The molecule has 3 nitrogen and oxygen atoms in total. The van der Waals surface area contributed by atoms with Crippen LogP contribution >= 0.6 is 0 Å². The molecule has 5 atom stereocenters. The minimum Gasteiger partial charge on any atom is -0.411 e. The second-order valence-corrected chi connectivity index (χ2v) is 7.12. The molecule has 0 unspecified atom stereocenters. The summed E-state index contributed by atoms with van der Waals surface area (Å²) in [5.74, 6) is 2.71. The van der Waals surface area contributed by atoms with Gasteiger partial charge >= 0.3 is 0 Å². The Kier molecular flexibility index (Phi) is 4.68. The lowest BCUT2D eigenvalue weighted by Crippen LogP contribution is -2.49. The second kappa shape index (κ2) is 6.51. The van der Waals surface area contributed by atoms with Crippen molar-refractivity contribution in [3.8, 4) is 0 Å². The number of unbranched alkanes of at least 4 members (excludes halogenated alkanes) is 2. The topological polar surface area (TPSA) is 35.8 Å². The molecule has 0 radical (unpaired) electrons. The first-order valence-corrected chi connectivity index (χ1v) is 8.94. The van der Waals surface area contributed by atoms with Gasteiger partial charge in [-0.3, -0.25) is 4.90 Å². The summed E-state index contributed by atoms with van der Waals surface area (Å²) in [4.78, 5) is 2.64. The molecule has 3 rings (SSSR count). The molecule has 21 heavy (non-hydrogen) atoms. The zero-order valence-electron chi connectivity index (χ0n) is 13.5. The Bertz CT molecular complexity index is 409. The maximum Gasteiger partial charge on any atom is 0.0781 e. The largest absolute Gasteiger partial charge is 0.411 e. The Morgan fingerprint density at radius 2 is 1.90 bits per heavy atom. The maximum atomic E-state index is 9.62. The summed E-state index contributed by atoms with van der Waals surface area (Å²) in [6.07, 6.45) is 12.2. The molecule has 0 aromatic carbocycles. The van der Waals surface area contributed by atoms with Gasteiger partial charge in [-0.2, -0.15) is 0 Å². The van der Waals surface area contributed by atoms with Crippen molar-refractivity contribution in [3.05, 3.63) is 12.2 Å². The number of rotatable bonds is 7. The number of allylic oxidation sites excluding steroid dienone is 2. The molecule has 3 aliphatic rings. The average molecular weight is 290 g/mol. The summed E-state index contributed by atoms with van der Waals surface area (Å²) in [7, 11) is 0. The van der Waals surface area contributed by atoms with Crippen molar-refractivity contribution in [2.75, 3.05) is 13.1 Å². The molecule has 2 bridgehead atoms. The zero-order chi connectivity index (χ0) is 14.8. The van der Waals surface area contributed by atoms with Gasteiger partial charge in [-0.15, -0.1) is 0 Å². The predicted octanol–water partition coefficient (Wildman–Crippen LogP) is 3.93. The lowest BCUT2D eigenvalue weighted by Gasteiger charge is -2.39. The summed E-state index contributed by atoms with van der Waals surface area (Å²) in [5.41, 5.74) is 1.10. The van der Waals surface area contributed by atoms with Crippen molar-refractivity contribution in [1.29, 1.82) is 0 Å². The lowest BCUT2D eigenvalue weighted by molar-refractivity contribution is 0.151. The molecule has 0 aromatic rings. The molecule has 2 fully saturated rings. The van der Waals surface area contributed by atoms with Gasteiger partial charge in [-0.1, -0.05) is 44.0 Å². The number of oxime groups is 1. The van der Waals surface area contributed by atoms with E-state index in [1.165, 1.54) is 38.5 Å². The van der Waals surface area contributed by atoms with Crippen molar-refractivity contribution in [2.45, 2.75) is 58.4 Å². The van der Waals surface area contributed by atoms with E-state index < -0.39 is 0 Å². The van der Waals surface area contributed by atoms with Crippen LogP contribution in [-0.4, -0.2) is 35.0 Å². The number of nitrogens with zero attached hydrogens (tertiary/aromatic N) is 2. The first-order chi connectivity index (χ1) is 10.3. The van der Waals surface area contributed by atoms with E-state index in [1.807, 2.05) is 0 Å². The normalized spacial score (nSPS) is 38.8. The molecule has 118 valence electrons. The van der Waals surface area contributed by atoms with Crippen LogP contribution in [0.3, 0.4) is 0 Å². The van der Waals surface area contributed by atoms with Crippen molar-refractivity contribution >= 4 is 5.71 Å². The standard InChI is InChI=1S/C18H30N2O/c1-3-5-10-20(11-6-4-2)18-16-12-15(17(18)19-21)13-8-7-9-14(13)16/h7-8,13-16,18,21H,3-6,9-12H2,1-2H3/b19-17-/t13-,14-,15+,16+,18+/m0/s1. The van der Waals surface area contributed by atoms with Gasteiger partial charge in [0.1, 0.15) is 0 Å². The van der Waals surface area contributed by atoms with E-state index in [-0.39, 0.29) is 0 Å². The van der Waals surface area contributed by atoms with Gasteiger partial charge in [-0.05, 0) is 56.5 Å². The first kappa shape index (κ1) is 15.1. The average Bonchev–Trinajstić information content (AvgIpc) is 3.18. The lowest BCUT2D eigenvalue weighted by atomic mass is 9.77. The van der Waals surface area contributed by atoms with E-state index in [0.717, 1.165) is 30.6 Å². The summed E-state index contributed by atoms with van der Waals surface area (Å²) in [5, 5.41) is 13.4. The highest BCUT2D eigenvalue weighted by atomic mass is 16.4. The Morgan fingerprint density at radius 1 is 1.19 bits per heavy atom. The van der Waals surface area contributed by atoms with Crippen LogP contribution in [0.4, 0.5) is 0 Å². The molecule has 1 N–H and O–H groups in total. The Hall–Kier alpha value is -0.830. The highest BCUT2D eigenvalue weighted by Crippen LogP contribution is 2.56. The molecule has 3 heteroatoms. The smallest absolute Gasteiger partial charge is 0.0781 e. The number of fused-ring (bicyclic) bond motifs is 5. The molecule has 0 aromatic heterocycles. The maximum absolute atomic E-state index is 9.62.